The Morgan fingerprint density at radius 2 is 1.93 bits per heavy atom. The Kier molecular flexibility index (Phi) is 5.98. The maximum Gasteiger partial charge on any atom is 0.248 e. The lowest BCUT2D eigenvalue weighted by Crippen LogP contribution is -2.37. The van der Waals surface area contributed by atoms with E-state index in [9.17, 15) is 13.2 Å². The van der Waals surface area contributed by atoms with E-state index in [1.54, 1.807) is 18.2 Å². The minimum atomic E-state index is -3.10. The Balaban J connectivity index is 1.57. The van der Waals surface area contributed by atoms with E-state index in [2.05, 4.69) is 4.99 Å². The predicted octanol–water partition coefficient (Wildman–Crippen LogP) is 4.57. The summed E-state index contributed by atoms with van der Waals surface area (Å²) in [5.41, 5.74) is 0.717. The largest absolute Gasteiger partial charge is 0.316 e. The minimum Gasteiger partial charge on any atom is -0.316 e. The number of hydrogen-bond donors (Lipinski definition) is 0. The number of aliphatic imine (C=N–C) groups is 1. The number of amidine groups is 1. The van der Waals surface area contributed by atoms with Crippen LogP contribution in [0, 0.1) is 5.92 Å². The van der Waals surface area contributed by atoms with Gasteiger partial charge in [-0.05, 0) is 30.5 Å². The van der Waals surface area contributed by atoms with Crippen molar-refractivity contribution in [1.82, 2.24) is 0 Å². The first kappa shape index (κ1) is 20.5. The van der Waals surface area contributed by atoms with Crippen molar-refractivity contribution >= 4 is 61.6 Å². The molecule has 5 nitrogen and oxygen atoms in total. The van der Waals surface area contributed by atoms with Crippen molar-refractivity contribution < 1.29 is 13.2 Å². The van der Waals surface area contributed by atoms with Crippen LogP contribution >= 0.6 is 35.0 Å². The number of sulfone groups is 1. The van der Waals surface area contributed by atoms with Crippen molar-refractivity contribution in [2.45, 2.75) is 49.8 Å². The van der Waals surface area contributed by atoms with Crippen LogP contribution < -0.4 is 4.90 Å². The first-order chi connectivity index (χ1) is 13.3. The zero-order valence-electron chi connectivity index (χ0n) is 15.3. The second kappa shape index (κ2) is 8.17. The number of fused-ring (bicyclic) bond motifs is 1. The number of anilines is 1. The summed E-state index contributed by atoms with van der Waals surface area (Å²) < 4.78 is 24.3. The van der Waals surface area contributed by atoms with Crippen LogP contribution in [0.3, 0.4) is 0 Å². The highest BCUT2D eigenvalue weighted by atomic mass is 35.5. The van der Waals surface area contributed by atoms with E-state index in [-0.39, 0.29) is 28.7 Å². The van der Waals surface area contributed by atoms with Crippen molar-refractivity contribution in [3.05, 3.63) is 28.2 Å². The van der Waals surface area contributed by atoms with Gasteiger partial charge in [-0.15, -0.1) is 0 Å². The van der Waals surface area contributed by atoms with Gasteiger partial charge in [-0.1, -0.05) is 60.6 Å². The normalized spacial score (nSPS) is 28.2. The van der Waals surface area contributed by atoms with Gasteiger partial charge in [0, 0.05) is 17.4 Å². The van der Waals surface area contributed by atoms with Crippen LogP contribution in [0.15, 0.2) is 23.2 Å². The van der Waals surface area contributed by atoms with Gasteiger partial charge >= 0.3 is 0 Å². The van der Waals surface area contributed by atoms with Gasteiger partial charge in [-0.2, -0.15) is 4.99 Å². The molecular weight excluding hydrogens is 439 g/mol. The van der Waals surface area contributed by atoms with Crippen molar-refractivity contribution in [1.29, 1.82) is 0 Å². The highest BCUT2D eigenvalue weighted by Gasteiger charge is 2.49. The molecule has 1 saturated carbocycles. The van der Waals surface area contributed by atoms with E-state index in [4.69, 9.17) is 23.2 Å². The van der Waals surface area contributed by atoms with E-state index in [1.807, 2.05) is 4.90 Å². The molecule has 0 spiro atoms. The van der Waals surface area contributed by atoms with E-state index in [1.165, 1.54) is 37.4 Å². The predicted molar refractivity (Wildman–Crippen MR) is 116 cm³/mol. The number of carbonyl (C=O) groups is 1. The van der Waals surface area contributed by atoms with E-state index in [0.29, 0.717) is 33.2 Å². The Morgan fingerprint density at radius 1 is 1.18 bits per heavy atom. The number of hydrogen-bond acceptors (Lipinski definition) is 4. The number of amides is 1. The molecule has 0 bridgehead atoms. The Bertz CT molecular complexity index is 914. The van der Waals surface area contributed by atoms with Gasteiger partial charge in [-0.25, -0.2) is 8.42 Å². The lowest BCUT2D eigenvalue weighted by atomic mass is 10.0. The highest BCUT2D eigenvalue weighted by molar-refractivity contribution is 8.16. The van der Waals surface area contributed by atoms with E-state index >= 15 is 0 Å². The molecule has 152 valence electrons. The molecule has 2 saturated heterocycles. The molecule has 0 unspecified atom stereocenters. The number of benzene rings is 1. The number of nitrogens with zero attached hydrogens (tertiary/aromatic N) is 2. The van der Waals surface area contributed by atoms with Crippen LogP contribution in [0.1, 0.15) is 38.5 Å². The summed E-state index contributed by atoms with van der Waals surface area (Å²) in [6.07, 6.45) is 6.25. The average Bonchev–Trinajstić information content (AvgIpc) is 3.30. The van der Waals surface area contributed by atoms with Crippen LogP contribution in [0.5, 0.6) is 0 Å². The summed E-state index contributed by atoms with van der Waals surface area (Å²) in [5, 5.41) is 1.26. The van der Waals surface area contributed by atoms with Gasteiger partial charge in [0.05, 0.1) is 27.6 Å². The molecule has 2 aliphatic heterocycles. The summed E-state index contributed by atoms with van der Waals surface area (Å²) in [6, 6.07) is 4.94. The fraction of sp³-hybridized carbons (Fsp3) is 0.579. The smallest absolute Gasteiger partial charge is 0.248 e. The highest BCUT2D eigenvalue weighted by Crippen LogP contribution is 2.42. The zero-order chi connectivity index (χ0) is 19.9. The lowest BCUT2D eigenvalue weighted by Gasteiger charge is -2.24. The average molecular weight is 461 g/mol. The standard InChI is InChI=1S/C19H22Cl2N2O3S2/c20-14-7-6-13(9-15(14)21)23-16-10-28(25,26)11-17(16)27-19(23)22-18(24)8-5-12-3-1-2-4-12/h6-7,9,12,16-17H,1-5,8,10-11H2/t16-,17-/m0/s1. The fourth-order valence-corrected chi connectivity index (χ4v) is 8.51. The van der Waals surface area contributed by atoms with Gasteiger partial charge in [-0.3, -0.25) is 4.79 Å². The topological polar surface area (TPSA) is 66.8 Å². The summed E-state index contributed by atoms with van der Waals surface area (Å²) >= 11 is 13.6. The Labute approximate surface area is 179 Å². The monoisotopic (exact) mass is 460 g/mol. The molecule has 28 heavy (non-hydrogen) atoms. The lowest BCUT2D eigenvalue weighted by molar-refractivity contribution is -0.118. The fourth-order valence-electron chi connectivity index (χ4n) is 4.29. The third-order valence-corrected chi connectivity index (χ3v) is 9.66. The number of thioether (sulfide) groups is 1. The van der Waals surface area contributed by atoms with Crippen molar-refractivity contribution in [3.63, 3.8) is 0 Å². The molecule has 9 heteroatoms. The molecule has 1 amide bonds. The molecule has 0 aromatic heterocycles. The van der Waals surface area contributed by atoms with Crippen LogP contribution in [-0.4, -0.2) is 42.3 Å². The molecule has 1 aromatic rings. The van der Waals surface area contributed by atoms with Gasteiger partial charge in [0.15, 0.2) is 15.0 Å². The third-order valence-electron chi connectivity index (χ3n) is 5.71. The van der Waals surface area contributed by atoms with Gasteiger partial charge in [0.1, 0.15) is 0 Å². The van der Waals surface area contributed by atoms with Crippen LogP contribution in [0.4, 0.5) is 5.69 Å². The van der Waals surface area contributed by atoms with Gasteiger partial charge in [0.2, 0.25) is 5.91 Å². The molecular formula is C19H22Cl2N2O3S2. The van der Waals surface area contributed by atoms with Crippen molar-refractivity contribution in [2.24, 2.45) is 10.9 Å². The Morgan fingerprint density at radius 3 is 2.64 bits per heavy atom. The second-order valence-corrected chi connectivity index (χ2v) is 11.9. The molecule has 2 heterocycles. The third kappa shape index (κ3) is 4.37. The molecule has 1 aliphatic carbocycles. The van der Waals surface area contributed by atoms with Gasteiger partial charge < -0.3 is 4.90 Å². The number of halogens is 2. The van der Waals surface area contributed by atoms with Crippen LogP contribution in [0.25, 0.3) is 0 Å². The van der Waals surface area contributed by atoms with Crippen molar-refractivity contribution in [2.75, 3.05) is 16.4 Å². The zero-order valence-corrected chi connectivity index (χ0v) is 18.5. The Hall–Kier alpha value is -0.760. The first-order valence-electron chi connectivity index (χ1n) is 9.55. The quantitative estimate of drug-likeness (QED) is 0.658. The molecule has 1 aromatic carbocycles. The first-order valence-corrected chi connectivity index (χ1v) is 13.0. The van der Waals surface area contributed by atoms with Crippen LogP contribution in [0.2, 0.25) is 10.0 Å². The maximum atomic E-state index is 12.5. The summed E-state index contributed by atoms with van der Waals surface area (Å²) in [7, 11) is -3.10. The van der Waals surface area contributed by atoms with E-state index in [0.717, 1.165) is 6.42 Å². The van der Waals surface area contributed by atoms with E-state index < -0.39 is 9.84 Å². The summed E-state index contributed by atoms with van der Waals surface area (Å²) in [5.74, 6) is 0.661. The molecule has 0 radical (unpaired) electrons. The summed E-state index contributed by atoms with van der Waals surface area (Å²) in [4.78, 5) is 18.7. The summed E-state index contributed by atoms with van der Waals surface area (Å²) in [6.45, 7) is 0. The SMILES string of the molecule is O=C(CCC1CCCC1)N=C1S[C@H]2CS(=O)(=O)C[C@@H]2N1c1ccc(Cl)c(Cl)c1. The number of rotatable bonds is 4. The minimum absolute atomic E-state index is 0.0558. The van der Waals surface area contributed by atoms with Gasteiger partial charge in [0.25, 0.3) is 0 Å². The molecule has 2 atom stereocenters. The van der Waals surface area contributed by atoms with Crippen LogP contribution in [-0.2, 0) is 14.6 Å². The second-order valence-electron chi connectivity index (χ2n) is 7.75. The molecule has 3 aliphatic rings. The number of carbonyl (C=O) groups excluding carboxylic acids is 1. The maximum absolute atomic E-state index is 12.5. The van der Waals surface area contributed by atoms with Crippen molar-refractivity contribution in [3.8, 4) is 0 Å². The molecule has 4 rings (SSSR count). The molecule has 0 N–H and O–H groups in total. The molecule has 3 fully saturated rings.